The molecule has 0 aliphatic carbocycles. The lowest BCUT2D eigenvalue weighted by Crippen LogP contribution is -2.28. The number of ether oxygens (including phenoxy) is 2. The van der Waals surface area contributed by atoms with Crippen LogP contribution < -0.4 is 20.1 Å². The second kappa shape index (κ2) is 7.34. The fourth-order valence-corrected chi connectivity index (χ4v) is 2.81. The number of hydrogen-bond donors (Lipinski definition) is 2. The molecule has 24 heavy (non-hydrogen) atoms. The molecule has 3 rings (SSSR count). The molecule has 0 atom stereocenters. The largest absolute Gasteiger partial charge is 0.454 e. The number of anilines is 1. The molecule has 1 aliphatic heterocycles. The molecule has 1 amide bonds. The van der Waals surface area contributed by atoms with E-state index >= 15 is 0 Å². The molecule has 9 heteroatoms. The van der Waals surface area contributed by atoms with Crippen LogP contribution in [0.5, 0.6) is 11.5 Å². The molecule has 0 bridgehead atoms. The molecule has 0 saturated carbocycles. The Hall–Kier alpha value is -1.89. The van der Waals surface area contributed by atoms with Crippen LogP contribution in [0.1, 0.15) is 10.4 Å². The molecule has 1 aromatic heterocycles. The van der Waals surface area contributed by atoms with Crippen molar-refractivity contribution >= 4 is 46.5 Å². The third-order valence-electron chi connectivity index (χ3n) is 3.20. The molecule has 1 aliphatic rings. The highest BCUT2D eigenvalue weighted by atomic mass is 35.5. The van der Waals surface area contributed by atoms with Gasteiger partial charge in [0.2, 0.25) is 6.79 Å². The van der Waals surface area contributed by atoms with Crippen molar-refractivity contribution in [3.63, 3.8) is 0 Å². The Morgan fingerprint density at radius 2 is 1.96 bits per heavy atom. The van der Waals surface area contributed by atoms with E-state index in [1.54, 1.807) is 12.1 Å². The standard InChI is InChI=1S/C15H12Cl3N3O3/c16-9-5-11(18)14(21-6-9)19-1-2-20-15(22)8-3-10(17)13-12(4-8)23-7-24-13/h3-6H,1-2,7H2,(H,19,21)(H,20,22). The molecule has 2 N–H and O–H groups in total. The first-order chi connectivity index (χ1) is 11.5. The van der Waals surface area contributed by atoms with Crippen molar-refractivity contribution < 1.29 is 14.3 Å². The van der Waals surface area contributed by atoms with Crippen molar-refractivity contribution in [1.29, 1.82) is 0 Å². The lowest BCUT2D eigenvalue weighted by Gasteiger charge is -2.09. The number of rotatable bonds is 5. The van der Waals surface area contributed by atoms with Crippen molar-refractivity contribution in [3.8, 4) is 11.5 Å². The van der Waals surface area contributed by atoms with Crippen LogP contribution in [-0.4, -0.2) is 30.8 Å². The predicted octanol–water partition coefficient (Wildman–Crippen LogP) is 3.61. The molecule has 0 spiro atoms. The zero-order valence-corrected chi connectivity index (χ0v) is 14.5. The average molecular weight is 389 g/mol. The minimum Gasteiger partial charge on any atom is -0.454 e. The molecule has 1 aromatic carbocycles. The van der Waals surface area contributed by atoms with Crippen LogP contribution in [0.3, 0.4) is 0 Å². The number of amides is 1. The fraction of sp³-hybridized carbons (Fsp3) is 0.200. The van der Waals surface area contributed by atoms with Crippen LogP contribution in [0.15, 0.2) is 24.4 Å². The lowest BCUT2D eigenvalue weighted by atomic mass is 10.2. The number of halogens is 3. The van der Waals surface area contributed by atoms with Gasteiger partial charge in [0.1, 0.15) is 5.82 Å². The van der Waals surface area contributed by atoms with E-state index in [1.165, 1.54) is 12.3 Å². The van der Waals surface area contributed by atoms with Gasteiger partial charge in [-0.3, -0.25) is 4.79 Å². The third kappa shape index (κ3) is 3.77. The first kappa shape index (κ1) is 17.0. The zero-order chi connectivity index (χ0) is 17.1. The fourth-order valence-electron chi connectivity index (χ4n) is 2.10. The topological polar surface area (TPSA) is 72.5 Å². The van der Waals surface area contributed by atoms with Crippen LogP contribution in [-0.2, 0) is 0 Å². The van der Waals surface area contributed by atoms with E-state index in [2.05, 4.69) is 15.6 Å². The maximum absolute atomic E-state index is 12.2. The Morgan fingerprint density at radius 1 is 1.12 bits per heavy atom. The zero-order valence-electron chi connectivity index (χ0n) is 12.2. The molecule has 0 radical (unpaired) electrons. The van der Waals surface area contributed by atoms with Gasteiger partial charge in [0.05, 0.1) is 15.1 Å². The maximum Gasteiger partial charge on any atom is 0.251 e. The van der Waals surface area contributed by atoms with E-state index in [0.29, 0.717) is 51.0 Å². The van der Waals surface area contributed by atoms with Gasteiger partial charge in [0.25, 0.3) is 5.91 Å². The van der Waals surface area contributed by atoms with Crippen LogP contribution >= 0.6 is 34.8 Å². The summed E-state index contributed by atoms with van der Waals surface area (Å²) < 4.78 is 10.5. The number of hydrogen-bond acceptors (Lipinski definition) is 5. The summed E-state index contributed by atoms with van der Waals surface area (Å²) in [6.07, 6.45) is 1.49. The van der Waals surface area contributed by atoms with Gasteiger partial charge in [-0.2, -0.15) is 0 Å². The molecule has 126 valence electrons. The number of carbonyl (C=O) groups excluding carboxylic acids is 1. The summed E-state index contributed by atoms with van der Waals surface area (Å²) in [6.45, 7) is 0.906. The summed E-state index contributed by atoms with van der Waals surface area (Å²) in [7, 11) is 0. The smallest absolute Gasteiger partial charge is 0.251 e. The second-order valence-electron chi connectivity index (χ2n) is 4.86. The molecule has 0 unspecified atom stereocenters. The van der Waals surface area contributed by atoms with Crippen LogP contribution in [0.4, 0.5) is 5.82 Å². The molecule has 2 heterocycles. The Labute approximate surface area is 153 Å². The van der Waals surface area contributed by atoms with Gasteiger partial charge in [-0.1, -0.05) is 34.8 Å². The van der Waals surface area contributed by atoms with Crippen LogP contribution in [0.25, 0.3) is 0 Å². The number of aromatic nitrogens is 1. The van der Waals surface area contributed by atoms with E-state index < -0.39 is 0 Å². The number of fused-ring (bicyclic) bond motifs is 1. The van der Waals surface area contributed by atoms with E-state index in [-0.39, 0.29) is 12.7 Å². The number of benzene rings is 1. The van der Waals surface area contributed by atoms with E-state index in [0.717, 1.165) is 0 Å². The van der Waals surface area contributed by atoms with Gasteiger partial charge >= 0.3 is 0 Å². The summed E-state index contributed by atoms with van der Waals surface area (Å²) in [5, 5.41) is 6.99. The van der Waals surface area contributed by atoms with Gasteiger partial charge < -0.3 is 20.1 Å². The number of nitrogens with zero attached hydrogens (tertiary/aromatic N) is 1. The van der Waals surface area contributed by atoms with Crippen molar-refractivity contribution in [2.45, 2.75) is 0 Å². The maximum atomic E-state index is 12.2. The Balaban J connectivity index is 1.54. The third-order valence-corrected chi connectivity index (χ3v) is 3.98. The normalized spacial score (nSPS) is 12.1. The Bertz CT molecular complexity index is 786. The van der Waals surface area contributed by atoms with Gasteiger partial charge in [-0.15, -0.1) is 0 Å². The summed E-state index contributed by atoms with van der Waals surface area (Å²) in [6, 6.07) is 4.72. The summed E-state index contributed by atoms with van der Waals surface area (Å²) in [5.41, 5.74) is 0.395. The van der Waals surface area contributed by atoms with E-state index in [4.69, 9.17) is 44.3 Å². The Morgan fingerprint density at radius 3 is 2.75 bits per heavy atom. The van der Waals surface area contributed by atoms with Gasteiger partial charge in [0.15, 0.2) is 11.5 Å². The van der Waals surface area contributed by atoms with Crippen molar-refractivity contribution in [1.82, 2.24) is 10.3 Å². The van der Waals surface area contributed by atoms with Gasteiger partial charge in [-0.25, -0.2) is 4.98 Å². The van der Waals surface area contributed by atoms with Crippen molar-refractivity contribution in [2.24, 2.45) is 0 Å². The summed E-state index contributed by atoms with van der Waals surface area (Å²) in [5.74, 6) is 1.15. The predicted molar refractivity (Wildman–Crippen MR) is 92.7 cm³/mol. The molecule has 2 aromatic rings. The van der Waals surface area contributed by atoms with E-state index in [1.807, 2.05) is 0 Å². The van der Waals surface area contributed by atoms with Crippen molar-refractivity contribution in [3.05, 3.63) is 45.0 Å². The monoisotopic (exact) mass is 387 g/mol. The highest BCUT2D eigenvalue weighted by molar-refractivity contribution is 6.36. The summed E-state index contributed by atoms with van der Waals surface area (Å²) >= 11 is 17.8. The number of pyridine rings is 1. The first-order valence-electron chi connectivity index (χ1n) is 6.97. The van der Waals surface area contributed by atoms with Gasteiger partial charge in [-0.05, 0) is 18.2 Å². The molecular formula is C15H12Cl3N3O3. The Kier molecular flexibility index (Phi) is 5.18. The first-order valence-corrected chi connectivity index (χ1v) is 8.10. The van der Waals surface area contributed by atoms with Crippen LogP contribution in [0.2, 0.25) is 15.1 Å². The van der Waals surface area contributed by atoms with Crippen molar-refractivity contribution in [2.75, 3.05) is 25.2 Å². The second-order valence-corrected chi connectivity index (χ2v) is 6.11. The number of carbonyl (C=O) groups is 1. The molecule has 0 fully saturated rings. The average Bonchev–Trinajstić information content (AvgIpc) is 3.02. The minimum absolute atomic E-state index is 0.0961. The number of nitrogens with one attached hydrogen (secondary N) is 2. The SMILES string of the molecule is O=C(NCCNc1ncc(Cl)cc1Cl)c1cc(Cl)c2c(c1)OCO2. The lowest BCUT2D eigenvalue weighted by molar-refractivity contribution is 0.0954. The molecular weight excluding hydrogens is 377 g/mol. The van der Waals surface area contributed by atoms with E-state index in [9.17, 15) is 4.79 Å². The highest BCUT2D eigenvalue weighted by Gasteiger charge is 2.20. The molecule has 6 nitrogen and oxygen atoms in total. The highest BCUT2D eigenvalue weighted by Crippen LogP contribution is 2.39. The molecule has 0 saturated heterocycles. The minimum atomic E-state index is -0.271. The van der Waals surface area contributed by atoms with Crippen LogP contribution in [0, 0.1) is 0 Å². The van der Waals surface area contributed by atoms with Gasteiger partial charge in [0, 0.05) is 24.8 Å². The summed E-state index contributed by atoms with van der Waals surface area (Å²) in [4.78, 5) is 16.2. The quantitative estimate of drug-likeness (QED) is 0.766.